The lowest BCUT2D eigenvalue weighted by molar-refractivity contribution is 0.102. The summed E-state index contributed by atoms with van der Waals surface area (Å²) in [6.07, 6.45) is 0. The first-order valence-electron chi connectivity index (χ1n) is 8.26. The van der Waals surface area contributed by atoms with Gasteiger partial charge >= 0.3 is 0 Å². The van der Waals surface area contributed by atoms with Crippen LogP contribution in [0.4, 0.5) is 5.69 Å². The number of rotatable bonds is 3. The molecule has 0 bridgehead atoms. The van der Waals surface area contributed by atoms with E-state index >= 15 is 0 Å². The van der Waals surface area contributed by atoms with E-state index in [0.717, 1.165) is 33.9 Å². The molecule has 0 atom stereocenters. The Labute approximate surface area is 157 Å². The lowest BCUT2D eigenvalue weighted by Crippen LogP contribution is -2.11. The quantitative estimate of drug-likeness (QED) is 0.494. The Bertz CT molecular complexity index is 1260. The summed E-state index contributed by atoms with van der Waals surface area (Å²) in [7, 11) is 0. The van der Waals surface area contributed by atoms with Crippen LogP contribution in [0.3, 0.4) is 0 Å². The van der Waals surface area contributed by atoms with Crippen LogP contribution in [-0.2, 0) is 0 Å². The number of carbonyl (C=O) groups excluding carboxylic acids is 1. The average Bonchev–Trinajstić information content (AvgIpc) is 3.34. The SMILES string of the molecule is O=C(Nc1cccc(-c2nc3ccccc3o2)c1)c1ccc2nsnc2c1. The predicted molar refractivity (Wildman–Crippen MR) is 105 cm³/mol. The molecule has 0 radical (unpaired) electrons. The highest BCUT2D eigenvalue weighted by Crippen LogP contribution is 2.26. The molecule has 5 aromatic rings. The number of hydrogen-bond donors (Lipinski definition) is 1. The van der Waals surface area contributed by atoms with Gasteiger partial charge in [-0.05, 0) is 48.5 Å². The summed E-state index contributed by atoms with van der Waals surface area (Å²) in [5.74, 6) is 0.307. The smallest absolute Gasteiger partial charge is 0.255 e. The molecule has 0 spiro atoms. The van der Waals surface area contributed by atoms with Crippen molar-refractivity contribution < 1.29 is 9.21 Å². The fourth-order valence-corrected chi connectivity index (χ4v) is 3.37. The molecule has 0 aliphatic rings. The van der Waals surface area contributed by atoms with Crippen molar-refractivity contribution in [3.63, 3.8) is 0 Å². The fourth-order valence-electron chi connectivity index (χ4n) is 2.85. The average molecular weight is 372 g/mol. The standard InChI is InChI=1S/C20H12N4O2S/c25-19(12-8-9-15-17(11-12)24-27-23-15)21-14-5-3-4-13(10-14)20-22-16-6-1-2-7-18(16)26-20/h1-11H,(H,21,25). The minimum absolute atomic E-state index is 0.209. The molecule has 0 aliphatic heterocycles. The number of nitrogens with zero attached hydrogens (tertiary/aromatic N) is 3. The number of fused-ring (bicyclic) bond motifs is 2. The van der Waals surface area contributed by atoms with E-state index in [1.165, 1.54) is 0 Å². The third-order valence-corrected chi connectivity index (χ3v) is 4.73. The highest BCUT2D eigenvalue weighted by molar-refractivity contribution is 7.00. The van der Waals surface area contributed by atoms with Crippen LogP contribution in [-0.4, -0.2) is 19.6 Å². The summed E-state index contributed by atoms with van der Waals surface area (Å²) < 4.78 is 14.1. The van der Waals surface area contributed by atoms with Gasteiger partial charge in [-0.25, -0.2) is 4.98 Å². The van der Waals surface area contributed by atoms with E-state index in [-0.39, 0.29) is 5.91 Å². The van der Waals surface area contributed by atoms with Crippen molar-refractivity contribution in [3.05, 3.63) is 72.3 Å². The first kappa shape index (κ1) is 15.7. The van der Waals surface area contributed by atoms with Crippen molar-refractivity contribution >= 4 is 45.5 Å². The third-order valence-electron chi connectivity index (χ3n) is 4.18. The molecule has 5 rings (SSSR count). The summed E-state index contributed by atoms with van der Waals surface area (Å²) >= 11 is 1.13. The van der Waals surface area contributed by atoms with Gasteiger partial charge in [0, 0.05) is 16.8 Å². The Balaban J connectivity index is 1.43. The molecule has 1 amide bonds. The van der Waals surface area contributed by atoms with Crippen LogP contribution in [0.25, 0.3) is 33.6 Å². The number of para-hydroxylation sites is 2. The summed E-state index contributed by atoms with van der Waals surface area (Å²) in [6, 6.07) is 20.3. The number of hydrogen-bond acceptors (Lipinski definition) is 6. The van der Waals surface area contributed by atoms with Gasteiger partial charge in [0.1, 0.15) is 16.6 Å². The molecule has 2 aromatic heterocycles. The van der Waals surface area contributed by atoms with Crippen LogP contribution < -0.4 is 5.32 Å². The van der Waals surface area contributed by atoms with Crippen LogP contribution in [0.1, 0.15) is 10.4 Å². The van der Waals surface area contributed by atoms with Crippen molar-refractivity contribution in [2.24, 2.45) is 0 Å². The molecule has 130 valence electrons. The van der Waals surface area contributed by atoms with Gasteiger partial charge in [0.2, 0.25) is 5.89 Å². The lowest BCUT2D eigenvalue weighted by Gasteiger charge is -2.06. The second kappa shape index (κ2) is 6.30. The number of amides is 1. The van der Waals surface area contributed by atoms with Crippen LogP contribution in [0.2, 0.25) is 0 Å². The first-order chi connectivity index (χ1) is 13.3. The van der Waals surface area contributed by atoms with Gasteiger partial charge in [0.05, 0.1) is 11.7 Å². The Morgan fingerprint density at radius 2 is 1.78 bits per heavy atom. The molecular weight excluding hydrogens is 360 g/mol. The molecule has 0 aliphatic carbocycles. The highest BCUT2D eigenvalue weighted by atomic mass is 32.1. The Morgan fingerprint density at radius 3 is 2.70 bits per heavy atom. The number of carbonyl (C=O) groups is 1. The van der Waals surface area contributed by atoms with Crippen molar-refractivity contribution in [2.75, 3.05) is 5.32 Å². The van der Waals surface area contributed by atoms with E-state index in [0.29, 0.717) is 22.7 Å². The van der Waals surface area contributed by atoms with E-state index in [9.17, 15) is 4.79 Å². The molecule has 0 unspecified atom stereocenters. The minimum atomic E-state index is -0.209. The number of aromatic nitrogens is 3. The van der Waals surface area contributed by atoms with Crippen molar-refractivity contribution in [2.45, 2.75) is 0 Å². The zero-order chi connectivity index (χ0) is 18.2. The van der Waals surface area contributed by atoms with Crippen LogP contribution in [0, 0.1) is 0 Å². The molecule has 3 aromatic carbocycles. The Morgan fingerprint density at radius 1 is 0.889 bits per heavy atom. The van der Waals surface area contributed by atoms with Gasteiger partial charge in [0.25, 0.3) is 5.91 Å². The second-order valence-electron chi connectivity index (χ2n) is 5.99. The first-order valence-corrected chi connectivity index (χ1v) is 8.99. The van der Waals surface area contributed by atoms with Crippen LogP contribution in [0.15, 0.2) is 71.1 Å². The number of anilines is 1. The maximum absolute atomic E-state index is 12.6. The zero-order valence-corrected chi connectivity index (χ0v) is 14.7. The Hall–Kier alpha value is -3.58. The zero-order valence-electron chi connectivity index (χ0n) is 13.9. The van der Waals surface area contributed by atoms with Crippen molar-refractivity contribution in [1.29, 1.82) is 0 Å². The van der Waals surface area contributed by atoms with E-state index < -0.39 is 0 Å². The van der Waals surface area contributed by atoms with E-state index in [2.05, 4.69) is 19.0 Å². The molecule has 0 fully saturated rings. The normalized spacial score (nSPS) is 11.1. The predicted octanol–water partition coefficient (Wildman–Crippen LogP) is 4.75. The molecule has 6 nitrogen and oxygen atoms in total. The maximum Gasteiger partial charge on any atom is 0.255 e. The topological polar surface area (TPSA) is 80.9 Å². The van der Waals surface area contributed by atoms with Gasteiger partial charge < -0.3 is 9.73 Å². The highest BCUT2D eigenvalue weighted by Gasteiger charge is 2.11. The van der Waals surface area contributed by atoms with Gasteiger partial charge in [-0.2, -0.15) is 8.75 Å². The lowest BCUT2D eigenvalue weighted by atomic mass is 10.1. The van der Waals surface area contributed by atoms with Crippen LogP contribution >= 0.6 is 11.7 Å². The number of nitrogens with one attached hydrogen (secondary N) is 1. The third kappa shape index (κ3) is 2.94. The van der Waals surface area contributed by atoms with Crippen LogP contribution in [0.5, 0.6) is 0 Å². The number of oxazole rings is 1. The second-order valence-corrected chi connectivity index (χ2v) is 6.52. The van der Waals surface area contributed by atoms with Crippen molar-refractivity contribution in [3.8, 4) is 11.5 Å². The summed E-state index contributed by atoms with van der Waals surface area (Å²) in [4.78, 5) is 17.1. The monoisotopic (exact) mass is 372 g/mol. The maximum atomic E-state index is 12.6. The molecule has 27 heavy (non-hydrogen) atoms. The van der Waals surface area contributed by atoms with Gasteiger partial charge in [0.15, 0.2) is 5.58 Å². The summed E-state index contributed by atoms with van der Waals surface area (Å²) in [6.45, 7) is 0. The van der Waals surface area contributed by atoms with E-state index in [4.69, 9.17) is 4.42 Å². The van der Waals surface area contributed by atoms with E-state index in [1.807, 2.05) is 48.5 Å². The fraction of sp³-hybridized carbons (Fsp3) is 0. The van der Waals surface area contributed by atoms with E-state index in [1.54, 1.807) is 18.2 Å². The molecule has 1 N–H and O–H groups in total. The molecular formula is C20H12N4O2S. The summed E-state index contributed by atoms with van der Waals surface area (Å²) in [5.41, 5.74) is 5.02. The number of benzene rings is 3. The molecule has 2 heterocycles. The van der Waals surface area contributed by atoms with Gasteiger partial charge in [-0.3, -0.25) is 4.79 Å². The van der Waals surface area contributed by atoms with Gasteiger partial charge in [-0.1, -0.05) is 18.2 Å². The van der Waals surface area contributed by atoms with Crippen molar-refractivity contribution in [1.82, 2.24) is 13.7 Å². The minimum Gasteiger partial charge on any atom is -0.436 e. The summed E-state index contributed by atoms with van der Waals surface area (Å²) in [5, 5.41) is 2.91. The molecule has 0 saturated carbocycles. The molecule has 0 saturated heterocycles. The Kier molecular flexibility index (Phi) is 3.65. The largest absolute Gasteiger partial charge is 0.436 e. The molecule has 7 heteroatoms. The van der Waals surface area contributed by atoms with Gasteiger partial charge in [-0.15, -0.1) is 0 Å².